The molecule has 4 N–H and O–H groups in total. The van der Waals surface area contributed by atoms with Crippen LogP contribution in [0, 0.1) is 0 Å². The number of hydrogen-bond donors (Lipinski definition) is 3. The Hall–Kier alpha value is -2.28. The average Bonchev–Trinajstić information content (AvgIpc) is 2.87. The van der Waals surface area contributed by atoms with E-state index in [1.165, 1.54) is 0 Å². The molecule has 0 unspecified atom stereocenters. The molecule has 0 saturated heterocycles. The minimum atomic E-state index is -0.333. The van der Waals surface area contributed by atoms with E-state index in [0.29, 0.717) is 16.8 Å². The molecule has 1 aromatic heterocycles. The summed E-state index contributed by atoms with van der Waals surface area (Å²) in [7, 11) is 0. The standard InChI is InChI=1S/C13H12BrN3O3/c14-11-6-5-10(20-11)13(18)16-9-3-1-8(2-4-9)7-12(15)17-19/h1-6,19H,7H2,(H2,15,17)(H,16,18). The van der Waals surface area contributed by atoms with Crippen molar-refractivity contribution in [3.05, 3.63) is 52.4 Å². The molecule has 104 valence electrons. The molecule has 2 aromatic rings. The SMILES string of the molecule is NC(Cc1ccc(NC(=O)c2ccc(Br)o2)cc1)=NO. The molecule has 0 aliphatic carbocycles. The van der Waals surface area contributed by atoms with Crippen LogP contribution in [0.2, 0.25) is 0 Å². The van der Waals surface area contributed by atoms with Crippen LogP contribution in [0.5, 0.6) is 0 Å². The van der Waals surface area contributed by atoms with E-state index < -0.39 is 0 Å². The Balaban J connectivity index is 2.02. The van der Waals surface area contributed by atoms with Gasteiger partial charge >= 0.3 is 0 Å². The molecule has 0 atom stereocenters. The number of oxime groups is 1. The number of nitrogens with zero attached hydrogens (tertiary/aromatic N) is 1. The number of nitrogens with one attached hydrogen (secondary N) is 1. The monoisotopic (exact) mass is 337 g/mol. The van der Waals surface area contributed by atoms with E-state index >= 15 is 0 Å². The van der Waals surface area contributed by atoms with Gasteiger partial charge in [0.25, 0.3) is 5.91 Å². The van der Waals surface area contributed by atoms with Gasteiger partial charge in [0.15, 0.2) is 10.4 Å². The van der Waals surface area contributed by atoms with Crippen LogP contribution in [0.15, 0.2) is 50.6 Å². The summed E-state index contributed by atoms with van der Waals surface area (Å²) < 4.78 is 5.65. The van der Waals surface area contributed by atoms with E-state index in [1.807, 2.05) is 0 Å². The number of rotatable bonds is 4. The number of nitrogens with two attached hydrogens (primary N) is 1. The van der Waals surface area contributed by atoms with Gasteiger partial charge in [0.2, 0.25) is 0 Å². The molecular weight excluding hydrogens is 326 g/mol. The van der Waals surface area contributed by atoms with Gasteiger partial charge in [-0.1, -0.05) is 17.3 Å². The summed E-state index contributed by atoms with van der Waals surface area (Å²) in [4.78, 5) is 11.8. The average molecular weight is 338 g/mol. The van der Waals surface area contributed by atoms with Crippen molar-refractivity contribution in [2.45, 2.75) is 6.42 Å². The van der Waals surface area contributed by atoms with Gasteiger partial charge in [-0.25, -0.2) is 0 Å². The summed E-state index contributed by atoms with van der Waals surface area (Å²) >= 11 is 3.13. The highest BCUT2D eigenvalue weighted by Gasteiger charge is 2.10. The van der Waals surface area contributed by atoms with E-state index in [0.717, 1.165) is 5.56 Å². The highest BCUT2D eigenvalue weighted by molar-refractivity contribution is 9.10. The zero-order valence-corrected chi connectivity index (χ0v) is 11.9. The Morgan fingerprint density at radius 2 is 2.00 bits per heavy atom. The Kier molecular flexibility index (Phi) is 4.41. The van der Waals surface area contributed by atoms with Crippen LogP contribution in [0.3, 0.4) is 0 Å². The normalized spacial score (nSPS) is 11.3. The fraction of sp³-hybridized carbons (Fsp3) is 0.0769. The summed E-state index contributed by atoms with van der Waals surface area (Å²) in [6, 6.07) is 10.3. The lowest BCUT2D eigenvalue weighted by molar-refractivity contribution is 0.0995. The van der Waals surface area contributed by atoms with E-state index in [4.69, 9.17) is 15.4 Å². The lowest BCUT2D eigenvalue weighted by Crippen LogP contribution is -2.15. The molecule has 0 saturated carbocycles. The fourth-order valence-corrected chi connectivity index (χ4v) is 1.89. The van der Waals surface area contributed by atoms with E-state index in [1.54, 1.807) is 36.4 Å². The summed E-state index contributed by atoms with van der Waals surface area (Å²) in [6.45, 7) is 0. The number of anilines is 1. The first-order valence-corrected chi connectivity index (χ1v) is 6.50. The third-order valence-electron chi connectivity index (χ3n) is 2.52. The Bertz CT molecular complexity index is 635. The van der Waals surface area contributed by atoms with Crippen LogP contribution in [0.4, 0.5) is 5.69 Å². The zero-order chi connectivity index (χ0) is 14.5. The van der Waals surface area contributed by atoms with Crippen molar-refractivity contribution in [1.29, 1.82) is 0 Å². The fourth-order valence-electron chi connectivity index (χ4n) is 1.58. The van der Waals surface area contributed by atoms with Crippen molar-refractivity contribution in [3.8, 4) is 0 Å². The first-order valence-electron chi connectivity index (χ1n) is 5.70. The predicted octanol–water partition coefficient (Wildman–Crippen LogP) is 2.58. The van der Waals surface area contributed by atoms with Crippen molar-refractivity contribution in [2.24, 2.45) is 10.9 Å². The first-order chi connectivity index (χ1) is 9.58. The molecule has 2 rings (SSSR count). The molecular formula is C13H12BrN3O3. The minimum Gasteiger partial charge on any atom is -0.444 e. The van der Waals surface area contributed by atoms with Crippen LogP contribution in [0.25, 0.3) is 0 Å². The second-order valence-electron chi connectivity index (χ2n) is 4.02. The Morgan fingerprint density at radius 1 is 1.30 bits per heavy atom. The summed E-state index contributed by atoms with van der Waals surface area (Å²) in [5.41, 5.74) is 6.92. The molecule has 20 heavy (non-hydrogen) atoms. The minimum absolute atomic E-state index is 0.127. The molecule has 0 bridgehead atoms. The second-order valence-corrected chi connectivity index (χ2v) is 4.80. The quantitative estimate of drug-likeness (QED) is 0.345. The van der Waals surface area contributed by atoms with Crippen molar-refractivity contribution < 1.29 is 14.4 Å². The molecule has 0 fully saturated rings. The number of furan rings is 1. The third kappa shape index (κ3) is 3.61. The second kappa shape index (κ2) is 6.25. The lowest BCUT2D eigenvalue weighted by Gasteiger charge is -2.05. The van der Waals surface area contributed by atoms with Crippen molar-refractivity contribution in [3.63, 3.8) is 0 Å². The molecule has 0 spiro atoms. The number of benzene rings is 1. The van der Waals surface area contributed by atoms with Gasteiger partial charge in [0.05, 0.1) is 0 Å². The number of carbonyl (C=O) groups is 1. The number of carbonyl (C=O) groups excluding carboxylic acids is 1. The Morgan fingerprint density at radius 3 is 2.55 bits per heavy atom. The maximum absolute atomic E-state index is 11.8. The molecule has 6 nitrogen and oxygen atoms in total. The Labute approximate surface area is 123 Å². The van der Waals surface area contributed by atoms with Crippen molar-refractivity contribution >= 4 is 33.4 Å². The van der Waals surface area contributed by atoms with Crippen molar-refractivity contribution in [1.82, 2.24) is 0 Å². The maximum atomic E-state index is 11.8. The van der Waals surface area contributed by atoms with Gasteiger partial charge in [0.1, 0.15) is 5.84 Å². The van der Waals surface area contributed by atoms with Crippen LogP contribution < -0.4 is 11.1 Å². The van der Waals surface area contributed by atoms with Gasteiger partial charge in [0, 0.05) is 12.1 Å². The van der Waals surface area contributed by atoms with Gasteiger partial charge < -0.3 is 20.7 Å². The highest BCUT2D eigenvalue weighted by Crippen LogP contribution is 2.16. The van der Waals surface area contributed by atoms with Crippen LogP contribution in [-0.4, -0.2) is 17.0 Å². The summed E-state index contributed by atoms with van der Waals surface area (Å²) in [6.07, 6.45) is 0.343. The molecule has 1 aromatic carbocycles. The van der Waals surface area contributed by atoms with E-state index in [-0.39, 0.29) is 17.5 Å². The first kappa shape index (κ1) is 14.1. The smallest absolute Gasteiger partial charge is 0.291 e. The number of amidine groups is 1. The van der Waals surface area contributed by atoms with Gasteiger partial charge in [-0.05, 0) is 45.8 Å². The maximum Gasteiger partial charge on any atom is 0.291 e. The topological polar surface area (TPSA) is 101 Å². The molecule has 1 heterocycles. The van der Waals surface area contributed by atoms with E-state index in [2.05, 4.69) is 26.4 Å². The third-order valence-corrected chi connectivity index (χ3v) is 2.95. The number of halogens is 1. The van der Waals surface area contributed by atoms with Crippen molar-refractivity contribution in [2.75, 3.05) is 5.32 Å². The zero-order valence-electron chi connectivity index (χ0n) is 10.3. The van der Waals surface area contributed by atoms with Crippen LogP contribution >= 0.6 is 15.9 Å². The van der Waals surface area contributed by atoms with Gasteiger partial charge in [-0.15, -0.1) is 0 Å². The van der Waals surface area contributed by atoms with Gasteiger partial charge in [-0.2, -0.15) is 0 Å². The molecule has 1 amide bonds. The molecule has 0 aliphatic heterocycles. The predicted molar refractivity (Wildman–Crippen MR) is 77.9 cm³/mol. The van der Waals surface area contributed by atoms with Crippen LogP contribution in [-0.2, 0) is 6.42 Å². The molecule has 0 radical (unpaired) electrons. The summed E-state index contributed by atoms with van der Waals surface area (Å²) in [5.74, 6) is 0.0136. The lowest BCUT2D eigenvalue weighted by atomic mass is 10.1. The summed E-state index contributed by atoms with van der Waals surface area (Å²) in [5, 5.41) is 14.1. The number of hydrogen-bond acceptors (Lipinski definition) is 4. The van der Waals surface area contributed by atoms with Gasteiger partial charge in [-0.3, -0.25) is 4.79 Å². The van der Waals surface area contributed by atoms with E-state index in [9.17, 15) is 4.79 Å². The largest absolute Gasteiger partial charge is 0.444 e. The number of amides is 1. The molecule has 0 aliphatic rings. The molecule has 7 heteroatoms. The van der Waals surface area contributed by atoms with Crippen LogP contribution in [0.1, 0.15) is 16.1 Å². The highest BCUT2D eigenvalue weighted by atomic mass is 79.9.